The number of unbranched alkanes of at least 4 members (excludes halogenated alkanes) is 13. The molecule has 260 valence electrons. The van der Waals surface area contributed by atoms with Crippen LogP contribution in [0.3, 0.4) is 0 Å². The number of para-hydroxylation sites is 1. The van der Waals surface area contributed by atoms with Gasteiger partial charge < -0.3 is 36.3 Å². The number of anilines is 1. The Morgan fingerprint density at radius 1 is 0.630 bits per heavy atom. The van der Waals surface area contributed by atoms with Crippen molar-refractivity contribution in [3.8, 4) is 5.75 Å². The molecule has 7 heteroatoms. The van der Waals surface area contributed by atoms with Gasteiger partial charge in [0.15, 0.2) is 0 Å². The minimum atomic E-state index is -0.324. The van der Waals surface area contributed by atoms with Crippen LogP contribution in [0.15, 0.2) is 48.5 Å². The quantitative estimate of drug-likeness (QED) is 0.0639. The molecule has 0 aliphatic carbocycles. The van der Waals surface area contributed by atoms with Gasteiger partial charge in [0.2, 0.25) is 0 Å². The van der Waals surface area contributed by atoms with Crippen molar-refractivity contribution in [1.29, 1.82) is 0 Å². The molecule has 1 amide bonds. The highest BCUT2D eigenvalue weighted by Crippen LogP contribution is 2.21. The Morgan fingerprint density at radius 3 is 1.76 bits per heavy atom. The van der Waals surface area contributed by atoms with Gasteiger partial charge in [-0.1, -0.05) is 103 Å². The van der Waals surface area contributed by atoms with Gasteiger partial charge in [-0.05, 0) is 69.5 Å². The zero-order valence-electron chi connectivity index (χ0n) is 29.4. The van der Waals surface area contributed by atoms with Gasteiger partial charge in [0.1, 0.15) is 18.9 Å². The number of esters is 1. The molecule has 2 aromatic rings. The van der Waals surface area contributed by atoms with Crippen LogP contribution in [0.25, 0.3) is 0 Å². The van der Waals surface area contributed by atoms with Crippen molar-refractivity contribution in [1.82, 2.24) is 0 Å². The van der Waals surface area contributed by atoms with E-state index in [1.54, 1.807) is 30.3 Å². The molecule has 6 nitrogen and oxygen atoms in total. The monoisotopic (exact) mass is 702 g/mol. The summed E-state index contributed by atoms with van der Waals surface area (Å²) in [7, 11) is 0. The number of amides is 1. The lowest BCUT2D eigenvalue weighted by atomic mass is 10.1. The van der Waals surface area contributed by atoms with Gasteiger partial charge >= 0.3 is 5.97 Å². The Hall–Kier alpha value is -2.38. The van der Waals surface area contributed by atoms with E-state index in [0.717, 1.165) is 43.5 Å². The van der Waals surface area contributed by atoms with E-state index in [9.17, 15) is 9.59 Å². The van der Waals surface area contributed by atoms with Crippen LogP contribution in [-0.2, 0) is 4.74 Å². The van der Waals surface area contributed by atoms with E-state index in [-0.39, 0.29) is 28.9 Å². The number of benzene rings is 2. The number of nitrogens with one attached hydrogen (secondary N) is 1. The summed E-state index contributed by atoms with van der Waals surface area (Å²) >= 11 is 0. The third-order valence-corrected chi connectivity index (χ3v) is 9.14. The topological polar surface area (TPSA) is 64.6 Å². The molecular weight excluding hydrogens is 640 g/mol. The lowest BCUT2D eigenvalue weighted by Gasteiger charge is -2.36. The maximum absolute atomic E-state index is 13.0. The smallest absolute Gasteiger partial charge is 0.338 e. The fraction of sp³-hybridized carbons (Fsp3) is 0.641. The fourth-order valence-electron chi connectivity index (χ4n) is 5.87. The van der Waals surface area contributed by atoms with Gasteiger partial charge in [-0.25, -0.2) is 4.79 Å². The highest BCUT2D eigenvalue weighted by Gasteiger charge is 2.23. The minimum Gasteiger partial charge on any atom is -1.00 e. The molecule has 0 atom stereocenters. The highest BCUT2D eigenvalue weighted by molar-refractivity contribution is 6.06. The number of carbonyl (C=O) groups excluding carboxylic acids is 2. The molecule has 0 spiro atoms. The maximum atomic E-state index is 13.0. The van der Waals surface area contributed by atoms with E-state index in [0.29, 0.717) is 35.8 Å². The van der Waals surface area contributed by atoms with Gasteiger partial charge in [0.25, 0.3) is 5.91 Å². The van der Waals surface area contributed by atoms with Crippen molar-refractivity contribution < 1.29 is 40.5 Å². The first-order chi connectivity index (χ1) is 22.0. The van der Waals surface area contributed by atoms with E-state index in [2.05, 4.69) is 33.0 Å². The Labute approximate surface area is 291 Å². The number of ether oxygens (including phenoxy) is 2. The van der Waals surface area contributed by atoms with Crippen molar-refractivity contribution in [2.75, 3.05) is 44.7 Å². The number of likely N-dealkylation sites (N-methyl/N-ethyl adjacent to an activating group) is 1. The number of hydrogen-bond donors (Lipinski definition) is 1. The van der Waals surface area contributed by atoms with Gasteiger partial charge in [0, 0.05) is 5.69 Å². The molecule has 0 aliphatic rings. The molecule has 0 unspecified atom stereocenters. The molecular formula is C39H63BrN2O4. The van der Waals surface area contributed by atoms with Crippen LogP contribution >= 0.6 is 0 Å². The number of carbonyl (C=O) groups is 2. The van der Waals surface area contributed by atoms with Crippen LogP contribution in [-0.4, -0.2) is 55.8 Å². The molecule has 0 saturated heterocycles. The average molecular weight is 704 g/mol. The van der Waals surface area contributed by atoms with Crippen molar-refractivity contribution in [2.45, 2.75) is 124 Å². The number of halogens is 1. The molecule has 0 bridgehead atoms. The standard InChI is InChI=1S/C39H62N2O4.BrH/c1-5-9-11-13-15-16-17-18-22-30-41(7-3,8-4)31-33-45-39(43)34-26-28-35(29-27-34)40-38(42)36-24-20-21-25-37(36)44-32-23-19-14-12-10-6-2;/h20-21,24-29H,5-19,22-23,30-33H2,1-4H3;1H. The second-order valence-corrected chi connectivity index (χ2v) is 12.5. The van der Waals surface area contributed by atoms with Crippen LogP contribution < -0.4 is 27.0 Å². The second kappa shape index (κ2) is 25.7. The molecule has 0 aromatic heterocycles. The lowest BCUT2D eigenvalue weighted by Crippen LogP contribution is -3.00. The van der Waals surface area contributed by atoms with Crippen LogP contribution in [0.4, 0.5) is 5.69 Å². The van der Waals surface area contributed by atoms with Crippen molar-refractivity contribution in [3.05, 3.63) is 59.7 Å². The predicted molar refractivity (Wildman–Crippen MR) is 188 cm³/mol. The molecule has 0 saturated carbocycles. The Balaban J connectivity index is 0.0000106. The highest BCUT2D eigenvalue weighted by atomic mass is 79.9. The molecule has 0 radical (unpaired) electrons. The van der Waals surface area contributed by atoms with Gasteiger partial charge in [0.05, 0.1) is 37.4 Å². The van der Waals surface area contributed by atoms with Gasteiger partial charge in [-0.15, -0.1) is 0 Å². The Kier molecular flexibility index (Phi) is 23.2. The Bertz CT molecular complexity index is 1070. The fourth-order valence-corrected chi connectivity index (χ4v) is 5.87. The summed E-state index contributed by atoms with van der Waals surface area (Å²) in [6.07, 6.45) is 19.1. The molecule has 46 heavy (non-hydrogen) atoms. The van der Waals surface area contributed by atoms with E-state index in [1.807, 2.05) is 18.2 Å². The molecule has 2 rings (SSSR count). The number of rotatable bonds is 26. The normalized spacial score (nSPS) is 11.1. The minimum absolute atomic E-state index is 0. The van der Waals surface area contributed by atoms with E-state index < -0.39 is 0 Å². The van der Waals surface area contributed by atoms with Crippen LogP contribution in [0.5, 0.6) is 5.75 Å². The summed E-state index contributed by atoms with van der Waals surface area (Å²) in [6, 6.07) is 14.3. The van der Waals surface area contributed by atoms with Gasteiger partial charge in [-0.2, -0.15) is 0 Å². The van der Waals surface area contributed by atoms with Gasteiger partial charge in [-0.3, -0.25) is 4.79 Å². The first-order valence-electron chi connectivity index (χ1n) is 18.1. The van der Waals surface area contributed by atoms with Crippen LogP contribution in [0, 0.1) is 0 Å². The average Bonchev–Trinajstić information content (AvgIpc) is 3.06. The number of quaternary nitrogens is 1. The lowest BCUT2D eigenvalue weighted by molar-refractivity contribution is -0.925. The van der Waals surface area contributed by atoms with Crippen molar-refractivity contribution in [3.63, 3.8) is 0 Å². The summed E-state index contributed by atoms with van der Waals surface area (Å²) in [5.74, 6) is 0.0361. The Morgan fingerprint density at radius 2 is 1.17 bits per heavy atom. The van der Waals surface area contributed by atoms with E-state index >= 15 is 0 Å². The number of nitrogens with zero attached hydrogens (tertiary/aromatic N) is 1. The summed E-state index contributed by atoms with van der Waals surface area (Å²) in [5, 5.41) is 2.94. The van der Waals surface area contributed by atoms with E-state index in [1.165, 1.54) is 83.5 Å². The van der Waals surface area contributed by atoms with Crippen molar-refractivity contribution >= 4 is 17.6 Å². The largest absolute Gasteiger partial charge is 1.00 e. The predicted octanol–water partition coefficient (Wildman–Crippen LogP) is 7.23. The van der Waals surface area contributed by atoms with Crippen LogP contribution in [0.1, 0.15) is 145 Å². The SMILES string of the molecule is CCCCCCCCCCC[N+](CC)(CC)CCOC(=O)c1ccc(NC(=O)c2ccccc2OCCCCCCCC)cc1.[Br-]. The first-order valence-corrected chi connectivity index (χ1v) is 18.1. The maximum Gasteiger partial charge on any atom is 0.338 e. The molecule has 0 aliphatic heterocycles. The molecule has 1 N–H and O–H groups in total. The summed E-state index contributed by atoms with van der Waals surface area (Å²) in [5.41, 5.74) is 1.61. The van der Waals surface area contributed by atoms with E-state index in [4.69, 9.17) is 9.47 Å². The third-order valence-electron chi connectivity index (χ3n) is 9.14. The third kappa shape index (κ3) is 16.4. The summed E-state index contributed by atoms with van der Waals surface area (Å²) in [6.45, 7) is 14.1. The molecule has 0 heterocycles. The summed E-state index contributed by atoms with van der Waals surface area (Å²) < 4.78 is 12.6. The van der Waals surface area contributed by atoms with Crippen molar-refractivity contribution in [2.24, 2.45) is 0 Å². The van der Waals surface area contributed by atoms with Crippen LogP contribution in [0.2, 0.25) is 0 Å². The summed E-state index contributed by atoms with van der Waals surface area (Å²) in [4.78, 5) is 25.8. The molecule has 0 fully saturated rings. The zero-order chi connectivity index (χ0) is 32.6. The molecule has 2 aromatic carbocycles. The second-order valence-electron chi connectivity index (χ2n) is 12.5. The number of hydrogen-bond acceptors (Lipinski definition) is 4. The zero-order valence-corrected chi connectivity index (χ0v) is 31.0. The first kappa shape index (κ1) is 41.6.